The summed E-state index contributed by atoms with van der Waals surface area (Å²) in [5.41, 5.74) is 0.158. The maximum absolute atomic E-state index is 11.8. The van der Waals surface area contributed by atoms with E-state index in [-0.39, 0.29) is 0 Å². The number of hydrogen-bond acceptors (Lipinski definition) is 5. The Balaban J connectivity index is 2.11. The Morgan fingerprint density at radius 2 is 2.09 bits per heavy atom. The molecule has 0 atom stereocenters. The first-order valence-corrected chi connectivity index (χ1v) is 7.31. The van der Waals surface area contributed by atoms with Crippen molar-refractivity contribution < 1.29 is 19.4 Å². The highest BCUT2D eigenvalue weighted by molar-refractivity contribution is 5.85. The number of methoxy groups -OCH3 is 1. The lowest BCUT2D eigenvalue weighted by Crippen LogP contribution is -2.60. The minimum atomic E-state index is -0.752. The van der Waals surface area contributed by atoms with Gasteiger partial charge >= 0.3 is 6.09 Å². The van der Waals surface area contributed by atoms with Gasteiger partial charge in [-0.2, -0.15) is 0 Å². The van der Waals surface area contributed by atoms with Crippen LogP contribution in [0.15, 0.2) is 18.2 Å². The number of amides is 1. The normalized spacial score (nSPS) is 16.6. The van der Waals surface area contributed by atoms with Crippen LogP contribution in [0.2, 0.25) is 0 Å². The predicted molar refractivity (Wildman–Crippen MR) is 84.4 cm³/mol. The van der Waals surface area contributed by atoms with Crippen molar-refractivity contribution in [2.45, 2.75) is 38.4 Å². The third kappa shape index (κ3) is 4.35. The van der Waals surface area contributed by atoms with Gasteiger partial charge in [0.2, 0.25) is 0 Å². The lowest BCUT2D eigenvalue weighted by molar-refractivity contribution is -0.00941. The van der Waals surface area contributed by atoms with Crippen molar-refractivity contribution >= 4 is 11.8 Å². The van der Waals surface area contributed by atoms with Gasteiger partial charge < -0.3 is 19.9 Å². The lowest BCUT2D eigenvalue weighted by Gasteiger charge is -2.38. The Morgan fingerprint density at radius 1 is 1.41 bits per heavy atom. The van der Waals surface area contributed by atoms with Crippen LogP contribution in [0, 0.1) is 0 Å². The minimum Gasteiger partial charge on any atom is -0.496 e. The van der Waals surface area contributed by atoms with Crippen LogP contribution in [0.25, 0.3) is 0 Å². The standard InChI is InChI=1S/C16H24N2O4/c1-15(2,3)22-14(19)18-12-5-6-13(21-4)11(7-12)8-16(20)9-17-10-16/h5-7,17,20H,8-10H2,1-4H3,(H,18,19). The predicted octanol–water partition coefficient (Wildman–Crippen LogP) is 1.92. The van der Waals surface area contributed by atoms with Crippen molar-refractivity contribution in [2.75, 3.05) is 25.5 Å². The molecule has 22 heavy (non-hydrogen) atoms. The molecule has 1 aromatic rings. The molecule has 1 fully saturated rings. The Hall–Kier alpha value is -1.79. The van der Waals surface area contributed by atoms with E-state index in [1.54, 1.807) is 25.3 Å². The number of aliphatic hydroxyl groups is 1. The molecule has 0 aliphatic carbocycles. The van der Waals surface area contributed by atoms with Gasteiger partial charge in [-0.15, -0.1) is 0 Å². The first-order valence-electron chi connectivity index (χ1n) is 7.31. The van der Waals surface area contributed by atoms with Crippen LogP contribution in [0.4, 0.5) is 10.5 Å². The van der Waals surface area contributed by atoms with Gasteiger partial charge in [-0.3, -0.25) is 5.32 Å². The van der Waals surface area contributed by atoms with Gasteiger partial charge in [-0.05, 0) is 44.5 Å². The summed E-state index contributed by atoms with van der Waals surface area (Å²) in [5, 5.41) is 16.0. The van der Waals surface area contributed by atoms with Crippen molar-refractivity contribution in [1.82, 2.24) is 5.32 Å². The second-order valence-corrected chi connectivity index (χ2v) is 6.66. The molecule has 1 aromatic carbocycles. The summed E-state index contributed by atoms with van der Waals surface area (Å²) in [6.07, 6.45) is -0.0415. The summed E-state index contributed by atoms with van der Waals surface area (Å²) in [4.78, 5) is 11.8. The number of nitrogens with one attached hydrogen (secondary N) is 2. The summed E-state index contributed by atoms with van der Waals surface area (Å²) in [5.74, 6) is 0.690. The maximum atomic E-state index is 11.8. The zero-order valence-electron chi connectivity index (χ0n) is 13.5. The van der Waals surface area contributed by atoms with Crippen LogP contribution in [0.5, 0.6) is 5.75 Å². The molecule has 1 amide bonds. The van der Waals surface area contributed by atoms with E-state index in [2.05, 4.69) is 10.6 Å². The second kappa shape index (κ2) is 6.14. The molecule has 1 aliphatic heterocycles. The van der Waals surface area contributed by atoms with Crippen LogP contribution in [0.3, 0.4) is 0 Å². The van der Waals surface area contributed by atoms with Crippen LogP contribution in [0.1, 0.15) is 26.3 Å². The summed E-state index contributed by atoms with van der Waals surface area (Å²) in [6, 6.07) is 5.33. The molecule has 122 valence electrons. The van der Waals surface area contributed by atoms with Crippen LogP contribution >= 0.6 is 0 Å². The molecule has 1 heterocycles. The van der Waals surface area contributed by atoms with Gasteiger partial charge in [0, 0.05) is 25.2 Å². The highest BCUT2D eigenvalue weighted by atomic mass is 16.6. The maximum Gasteiger partial charge on any atom is 0.412 e. The van der Waals surface area contributed by atoms with Crippen LogP contribution < -0.4 is 15.4 Å². The Morgan fingerprint density at radius 3 is 2.59 bits per heavy atom. The largest absolute Gasteiger partial charge is 0.496 e. The highest BCUT2D eigenvalue weighted by Crippen LogP contribution is 2.28. The quantitative estimate of drug-likeness (QED) is 0.792. The molecule has 0 bridgehead atoms. The molecular formula is C16H24N2O4. The van der Waals surface area contributed by atoms with E-state index >= 15 is 0 Å². The third-order valence-electron chi connectivity index (χ3n) is 3.35. The zero-order valence-corrected chi connectivity index (χ0v) is 13.5. The summed E-state index contributed by atoms with van der Waals surface area (Å²) < 4.78 is 10.6. The van der Waals surface area contributed by atoms with E-state index < -0.39 is 17.3 Å². The summed E-state index contributed by atoms with van der Waals surface area (Å²) in [7, 11) is 1.59. The number of hydrogen-bond donors (Lipinski definition) is 3. The van der Waals surface area contributed by atoms with E-state index in [1.807, 2.05) is 20.8 Å². The van der Waals surface area contributed by atoms with Gasteiger partial charge in [0.05, 0.1) is 12.7 Å². The molecule has 1 saturated heterocycles. The van der Waals surface area contributed by atoms with Crippen LogP contribution in [-0.4, -0.2) is 42.6 Å². The molecule has 0 aromatic heterocycles. The van der Waals surface area contributed by atoms with Crippen molar-refractivity contribution in [3.63, 3.8) is 0 Å². The van der Waals surface area contributed by atoms with Crippen LogP contribution in [-0.2, 0) is 11.2 Å². The van der Waals surface area contributed by atoms with Gasteiger partial charge in [0.15, 0.2) is 0 Å². The molecule has 6 nitrogen and oxygen atoms in total. The molecular weight excluding hydrogens is 284 g/mol. The third-order valence-corrected chi connectivity index (χ3v) is 3.35. The average molecular weight is 308 g/mol. The molecule has 3 N–H and O–H groups in total. The number of β-amino-alcohol motifs (C(OH)–C–C–N with tert-alkyl or cyclic N) is 1. The first kappa shape index (κ1) is 16.6. The van der Waals surface area contributed by atoms with Crippen molar-refractivity contribution in [3.05, 3.63) is 23.8 Å². The molecule has 0 radical (unpaired) electrons. The average Bonchev–Trinajstić information content (AvgIpc) is 2.35. The highest BCUT2D eigenvalue weighted by Gasteiger charge is 2.35. The molecule has 0 spiro atoms. The molecule has 0 saturated carbocycles. The smallest absolute Gasteiger partial charge is 0.412 e. The fourth-order valence-corrected chi connectivity index (χ4v) is 2.31. The molecule has 2 rings (SSSR count). The van der Waals surface area contributed by atoms with Gasteiger partial charge in [0.25, 0.3) is 0 Å². The summed E-state index contributed by atoms with van der Waals surface area (Å²) >= 11 is 0. The summed E-state index contributed by atoms with van der Waals surface area (Å²) in [6.45, 7) is 6.54. The molecule has 0 unspecified atom stereocenters. The fraction of sp³-hybridized carbons (Fsp3) is 0.562. The van der Waals surface area contributed by atoms with Gasteiger partial charge in [0.1, 0.15) is 11.4 Å². The van der Waals surface area contributed by atoms with E-state index in [1.165, 1.54) is 0 Å². The molecule has 6 heteroatoms. The van der Waals surface area contributed by atoms with Crippen molar-refractivity contribution in [2.24, 2.45) is 0 Å². The Bertz CT molecular complexity index is 548. The first-order chi connectivity index (χ1) is 10.2. The Labute approximate surface area is 130 Å². The number of benzene rings is 1. The fourth-order valence-electron chi connectivity index (χ4n) is 2.31. The number of carbonyl (C=O) groups is 1. The number of anilines is 1. The van der Waals surface area contributed by atoms with Crippen molar-refractivity contribution in [3.8, 4) is 5.75 Å². The lowest BCUT2D eigenvalue weighted by atomic mass is 9.88. The van der Waals surface area contributed by atoms with E-state index in [4.69, 9.17) is 9.47 Å². The van der Waals surface area contributed by atoms with E-state index in [0.29, 0.717) is 30.9 Å². The zero-order chi connectivity index (χ0) is 16.4. The van der Waals surface area contributed by atoms with E-state index in [9.17, 15) is 9.90 Å². The SMILES string of the molecule is COc1ccc(NC(=O)OC(C)(C)C)cc1CC1(O)CNC1. The topological polar surface area (TPSA) is 79.8 Å². The number of rotatable bonds is 4. The van der Waals surface area contributed by atoms with E-state index in [0.717, 1.165) is 5.56 Å². The van der Waals surface area contributed by atoms with Crippen molar-refractivity contribution in [1.29, 1.82) is 0 Å². The van der Waals surface area contributed by atoms with Gasteiger partial charge in [-0.1, -0.05) is 0 Å². The second-order valence-electron chi connectivity index (χ2n) is 6.66. The molecule has 1 aliphatic rings. The number of carbonyl (C=O) groups excluding carboxylic acids is 1. The Kier molecular flexibility index (Phi) is 4.63. The number of ether oxygens (including phenoxy) is 2. The van der Waals surface area contributed by atoms with Gasteiger partial charge in [-0.25, -0.2) is 4.79 Å². The monoisotopic (exact) mass is 308 g/mol. The minimum absolute atomic E-state index is 0.465.